The molecule has 1 atom stereocenters. The van der Waals surface area contributed by atoms with Crippen LogP contribution in [0.3, 0.4) is 0 Å². The SMILES string of the molecule is Cc1ccc(C(=O)N2CC(=O)N(CC(C)C)C[C@H](OCc3ccccc3F)C2)cc1N1CCNC1=O. The van der Waals surface area contributed by atoms with Crippen LogP contribution >= 0.6 is 0 Å². The van der Waals surface area contributed by atoms with Crippen molar-refractivity contribution in [2.24, 2.45) is 5.92 Å². The number of urea groups is 1. The number of carbonyl (C=O) groups excluding carboxylic acids is 3. The normalized spacial score (nSPS) is 18.6. The van der Waals surface area contributed by atoms with E-state index in [0.29, 0.717) is 43.0 Å². The van der Waals surface area contributed by atoms with Crippen molar-refractivity contribution in [3.8, 4) is 0 Å². The van der Waals surface area contributed by atoms with E-state index in [2.05, 4.69) is 5.32 Å². The average Bonchev–Trinajstić information content (AvgIpc) is 3.20. The Bertz CT molecular complexity index is 1140. The Labute approximate surface area is 211 Å². The third-order valence-electron chi connectivity index (χ3n) is 6.44. The second kappa shape index (κ2) is 11.1. The Kier molecular flexibility index (Phi) is 7.88. The van der Waals surface area contributed by atoms with Crippen molar-refractivity contribution < 1.29 is 23.5 Å². The number of nitrogens with zero attached hydrogens (tertiary/aromatic N) is 3. The summed E-state index contributed by atoms with van der Waals surface area (Å²) in [5.74, 6) is -0.572. The van der Waals surface area contributed by atoms with Crippen LogP contribution in [-0.4, -0.2) is 73.0 Å². The number of hydrogen-bond donors (Lipinski definition) is 1. The monoisotopic (exact) mass is 496 g/mol. The van der Waals surface area contributed by atoms with E-state index >= 15 is 0 Å². The van der Waals surface area contributed by atoms with Gasteiger partial charge in [0.25, 0.3) is 5.91 Å². The number of ether oxygens (including phenoxy) is 1. The van der Waals surface area contributed by atoms with E-state index in [9.17, 15) is 18.8 Å². The molecule has 2 aliphatic heterocycles. The second-order valence-electron chi connectivity index (χ2n) is 9.79. The van der Waals surface area contributed by atoms with Crippen LogP contribution in [0.1, 0.15) is 35.3 Å². The number of amides is 4. The molecule has 2 aliphatic rings. The fourth-order valence-corrected chi connectivity index (χ4v) is 4.60. The van der Waals surface area contributed by atoms with Crippen molar-refractivity contribution in [1.29, 1.82) is 0 Å². The fourth-order valence-electron chi connectivity index (χ4n) is 4.60. The summed E-state index contributed by atoms with van der Waals surface area (Å²) in [6, 6.07) is 11.4. The molecule has 0 radical (unpaired) electrons. The van der Waals surface area contributed by atoms with Crippen LogP contribution < -0.4 is 10.2 Å². The predicted octanol–water partition coefficient (Wildman–Crippen LogP) is 3.19. The van der Waals surface area contributed by atoms with Gasteiger partial charge in [0.15, 0.2) is 0 Å². The van der Waals surface area contributed by atoms with Crippen LogP contribution in [0.15, 0.2) is 42.5 Å². The third kappa shape index (κ3) is 5.84. The van der Waals surface area contributed by atoms with Gasteiger partial charge in [-0.2, -0.15) is 0 Å². The summed E-state index contributed by atoms with van der Waals surface area (Å²) in [6.45, 7) is 8.04. The summed E-state index contributed by atoms with van der Waals surface area (Å²) >= 11 is 0. The molecule has 0 unspecified atom stereocenters. The minimum atomic E-state index is -0.479. The highest BCUT2D eigenvalue weighted by Gasteiger charge is 2.32. The number of rotatable bonds is 7. The zero-order valence-corrected chi connectivity index (χ0v) is 21.0. The minimum absolute atomic E-state index is 0.0435. The Balaban J connectivity index is 1.56. The molecular formula is C27H33FN4O4. The number of aryl methyl sites for hydroxylation is 1. The molecule has 0 bridgehead atoms. The van der Waals surface area contributed by atoms with Crippen LogP contribution in [0.4, 0.5) is 14.9 Å². The zero-order valence-electron chi connectivity index (χ0n) is 21.0. The summed E-state index contributed by atoms with van der Waals surface area (Å²) in [5, 5.41) is 2.78. The first-order valence-corrected chi connectivity index (χ1v) is 12.3. The molecule has 0 saturated carbocycles. The Morgan fingerprint density at radius 1 is 1.17 bits per heavy atom. The van der Waals surface area contributed by atoms with E-state index in [1.807, 2.05) is 26.8 Å². The molecule has 4 rings (SSSR count). The molecule has 192 valence electrons. The highest BCUT2D eigenvalue weighted by molar-refractivity contribution is 6.00. The van der Waals surface area contributed by atoms with E-state index in [4.69, 9.17) is 4.74 Å². The summed E-state index contributed by atoms with van der Waals surface area (Å²) < 4.78 is 20.2. The van der Waals surface area contributed by atoms with E-state index < -0.39 is 6.10 Å². The molecule has 4 amide bonds. The Morgan fingerprint density at radius 2 is 1.94 bits per heavy atom. The molecule has 1 N–H and O–H groups in total. The summed E-state index contributed by atoms with van der Waals surface area (Å²) in [6.07, 6.45) is -0.479. The first-order chi connectivity index (χ1) is 17.2. The Hall–Kier alpha value is -3.46. The maximum Gasteiger partial charge on any atom is 0.322 e. The van der Waals surface area contributed by atoms with E-state index in [1.54, 1.807) is 40.1 Å². The number of halogens is 1. The van der Waals surface area contributed by atoms with Gasteiger partial charge in [-0.25, -0.2) is 9.18 Å². The lowest BCUT2D eigenvalue weighted by molar-refractivity contribution is -0.132. The smallest absolute Gasteiger partial charge is 0.322 e. The topological polar surface area (TPSA) is 82.2 Å². The van der Waals surface area contributed by atoms with Gasteiger partial charge in [-0.1, -0.05) is 38.1 Å². The van der Waals surface area contributed by atoms with Gasteiger partial charge in [-0.15, -0.1) is 0 Å². The van der Waals surface area contributed by atoms with E-state index in [1.165, 1.54) is 11.0 Å². The minimum Gasteiger partial charge on any atom is -0.370 e. The van der Waals surface area contributed by atoms with Crippen LogP contribution in [0, 0.1) is 18.7 Å². The first kappa shape index (κ1) is 25.6. The molecule has 0 aliphatic carbocycles. The lowest BCUT2D eigenvalue weighted by atomic mass is 10.1. The van der Waals surface area contributed by atoms with Crippen molar-refractivity contribution in [2.45, 2.75) is 33.5 Å². The van der Waals surface area contributed by atoms with Gasteiger partial charge >= 0.3 is 6.03 Å². The lowest BCUT2D eigenvalue weighted by Gasteiger charge is -2.26. The number of anilines is 1. The van der Waals surface area contributed by atoms with E-state index in [0.717, 1.165) is 5.56 Å². The molecule has 9 heteroatoms. The van der Waals surface area contributed by atoms with Crippen LogP contribution in [0.25, 0.3) is 0 Å². The Morgan fingerprint density at radius 3 is 2.64 bits per heavy atom. The standard InChI is InChI=1S/C27H33FN4O4/c1-18(2)13-30-14-22(36-17-21-6-4-5-7-23(21)28)15-31(16-25(30)33)26(34)20-9-8-19(3)24(12-20)32-11-10-29-27(32)35/h4-9,12,18,22H,10-11,13-17H2,1-3H3,(H,29,35)/t22-/m0/s1. The summed E-state index contributed by atoms with van der Waals surface area (Å²) in [7, 11) is 0. The zero-order chi connectivity index (χ0) is 25.8. The van der Waals surface area contributed by atoms with Crippen LogP contribution in [0.2, 0.25) is 0 Å². The maximum absolute atomic E-state index is 14.1. The molecular weight excluding hydrogens is 463 g/mol. The molecule has 2 aromatic carbocycles. The number of nitrogens with one attached hydrogen (secondary N) is 1. The fraction of sp³-hybridized carbons (Fsp3) is 0.444. The average molecular weight is 497 g/mol. The number of hydrogen-bond acceptors (Lipinski definition) is 4. The van der Waals surface area contributed by atoms with Gasteiger partial charge in [0.1, 0.15) is 12.4 Å². The van der Waals surface area contributed by atoms with Gasteiger partial charge < -0.3 is 19.9 Å². The van der Waals surface area contributed by atoms with Crippen LogP contribution in [0.5, 0.6) is 0 Å². The highest BCUT2D eigenvalue weighted by atomic mass is 19.1. The number of benzene rings is 2. The van der Waals surface area contributed by atoms with Gasteiger partial charge in [-0.3, -0.25) is 14.5 Å². The third-order valence-corrected chi connectivity index (χ3v) is 6.44. The predicted molar refractivity (Wildman–Crippen MR) is 134 cm³/mol. The number of carbonyl (C=O) groups is 3. The van der Waals surface area contributed by atoms with Crippen LogP contribution in [-0.2, 0) is 16.1 Å². The molecule has 2 heterocycles. The highest BCUT2D eigenvalue weighted by Crippen LogP contribution is 2.25. The summed E-state index contributed by atoms with van der Waals surface area (Å²) in [4.78, 5) is 43.7. The second-order valence-corrected chi connectivity index (χ2v) is 9.79. The molecule has 2 aromatic rings. The van der Waals surface area contributed by atoms with E-state index in [-0.39, 0.29) is 49.3 Å². The molecule has 36 heavy (non-hydrogen) atoms. The van der Waals surface area contributed by atoms with Crippen molar-refractivity contribution in [3.05, 3.63) is 65.0 Å². The molecule has 0 spiro atoms. The molecule has 2 fully saturated rings. The van der Waals surface area contributed by atoms with Crippen molar-refractivity contribution in [1.82, 2.24) is 15.1 Å². The molecule has 2 saturated heterocycles. The quantitative estimate of drug-likeness (QED) is 0.638. The van der Waals surface area contributed by atoms with Crippen molar-refractivity contribution in [3.63, 3.8) is 0 Å². The maximum atomic E-state index is 14.1. The summed E-state index contributed by atoms with van der Waals surface area (Å²) in [5.41, 5.74) is 2.37. The van der Waals surface area contributed by atoms with Gasteiger partial charge in [0.2, 0.25) is 5.91 Å². The van der Waals surface area contributed by atoms with Crippen molar-refractivity contribution >= 4 is 23.5 Å². The van der Waals surface area contributed by atoms with Gasteiger partial charge in [-0.05, 0) is 36.6 Å². The lowest BCUT2D eigenvalue weighted by Crippen LogP contribution is -2.40. The largest absolute Gasteiger partial charge is 0.370 e. The molecule has 8 nitrogen and oxygen atoms in total. The van der Waals surface area contributed by atoms with Gasteiger partial charge in [0, 0.05) is 49.5 Å². The molecule has 0 aromatic heterocycles. The first-order valence-electron chi connectivity index (χ1n) is 12.3. The van der Waals surface area contributed by atoms with Crippen molar-refractivity contribution in [2.75, 3.05) is 44.2 Å². The van der Waals surface area contributed by atoms with Gasteiger partial charge in [0.05, 0.1) is 12.7 Å².